The maximum atomic E-state index is 12.8. The lowest BCUT2D eigenvalue weighted by molar-refractivity contribution is -0.131. The van der Waals surface area contributed by atoms with Gasteiger partial charge in [-0.05, 0) is 38.3 Å². The second-order valence-corrected chi connectivity index (χ2v) is 10.3. The molecule has 0 aliphatic carbocycles. The molecule has 246 valence electrons. The fourth-order valence-electron chi connectivity index (χ4n) is 3.61. The van der Waals surface area contributed by atoms with E-state index in [9.17, 15) is 33.9 Å². The number of aliphatic hydroxyl groups is 1. The number of carbonyl (C=O) groups is 6. The molecule has 44 heavy (non-hydrogen) atoms. The molecule has 0 aliphatic rings. The van der Waals surface area contributed by atoms with Crippen molar-refractivity contribution < 1.29 is 38.6 Å². The summed E-state index contributed by atoms with van der Waals surface area (Å²) >= 11 is 0. The van der Waals surface area contributed by atoms with Gasteiger partial charge >= 0.3 is 0 Å². The van der Waals surface area contributed by atoms with Crippen LogP contribution in [0.1, 0.15) is 57.9 Å². The first-order valence-electron chi connectivity index (χ1n) is 14.7. The van der Waals surface area contributed by atoms with Gasteiger partial charge in [-0.1, -0.05) is 43.7 Å². The molecular weight excluding hydrogens is 574 g/mol. The number of hydrogen-bond donors (Lipinski definition) is 8. The highest BCUT2D eigenvalue weighted by Crippen LogP contribution is 2.05. The van der Waals surface area contributed by atoms with Gasteiger partial charge in [0.1, 0.15) is 18.5 Å². The number of nitrogens with one attached hydrogen (secondary N) is 6. The van der Waals surface area contributed by atoms with E-state index in [1.807, 2.05) is 6.92 Å². The van der Waals surface area contributed by atoms with Crippen molar-refractivity contribution in [2.24, 2.45) is 5.73 Å². The lowest BCUT2D eigenvalue weighted by atomic mass is 10.1. The summed E-state index contributed by atoms with van der Waals surface area (Å²) in [6.07, 6.45) is 3.17. The Morgan fingerprint density at radius 2 is 1.48 bits per heavy atom. The number of primary amides is 1. The minimum absolute atomic E-state index is 0.00701. The predicted octanol–water partition coefficient (Wildman–Crippen LogP) is -1.70. The number of ether oxygens (including phenoxy) is 1. The molecule has 1 aromatic carbocycles. The average molecular weight is 622 g/mol. The zero-order chi connectivity index (χ0) is 32.8. The number of unbranched alkanes of at least 4 members (excludes halogenated alkanes) is 2. The molecule has 0 heterocycles. The van der Waals surface area contributed by atoms with Crippen molar-refractivity contribution in [3.05, 3.63) is 35.9 Å². The Bertz CT molecular complexity index is 1070. The van der Waals surface area contributed by atoms with Crippen LogP contribution in [0.2, 0.25) is 0 Å². The van der Waals surface area contributed by atoms with Gasteiger partial charge in [0.05, 0.1) is 26.2 Å². The molecule has 0 spiro atoms. The third kappa shape index (κ3) is 19.2. The largest absolute Gasteiger partial charge is 0.376 e. The van der Waals surface area contributed by atoms with Gasteiger partial charge in [-0.25, -0.2) is 0 Å². The highest BCUT2D eigenvalue weighted by atomic mass is 16.5. The molecule has 9 N–H and O–H groups in total. The van der Waals surface area contributed by atoms with Gasteiger partial charge in [0.15, 0.2) is 0 Å². The third-order valence-electron chi connectivity index (χ3n) is 6.39. The van der Waals surface area contributed by atoms with Crippen molar-refractivity contribution in [3.63, 3.8) is 0 Å². The van der Waals surface area contributed by atoms with Gasteiger partial charge in [-0.15, -0.1) is 0 Å². The highest BCUT2D eigenvalue weighted by Gasteiger charge is 2.22. The van der Waals surface area contributed by atoms with Gasteiger partial charge in [0.2, 0.25) is 35.4 Å². The number of nitrogens with two attached hydrogens (primary N) is 1. The normalized spacial score (nSPS) is 12.7. The molecule has 0 bridgehead atoms. The summed E-state index contributed by atoms with van der Waals surface area (Å²) < 4.78 is 5.05. The monoisotopic (exact) mass is 621 g/mol. The molecular formula is C29H47N7O8. The molecule has 0 radical (unpaired) electrons. The number of amides is 6. The first-order valence-corrected chi connectivity index (χ1v) is 14.7. The van der Waals surface area contributed by atoms with Crippen molar-refractivity contribution in [2.45, 2.75) is 70.6 Å². The molecule has 0 saturated carbocycles. The van der Waals surface area contributed by atoms with Crippen LogP contribution < -0.4 is 37.6 Å². The van der Waals surface area contributed by atoms with E-state index in [4.69, 9.17) is 10.5 Å². The smallest absolute Gasteiger partial charge is 0.243 e. The Hall–Kier alpha value is -4.08. The lowest BCUT2D eigenvalue weighted by Crippen LogP contribution is -2.52. The van der Waals surface area contributed by atoms with Gasteiger partial charge in [-0.3, -0.25) is 34.1 Å². The SMILES string of the molecule is CCC(C)(O)NCCCCCC(=O)NCC(=O)NCC(=O)NC(Cc1ccccc1)C(=O)NCC(=O)NCOCCC(N)=O. The Kier molecular flexibility index (Phi) is 18.6. The summed E-state index contributed by atoms with van der Waals surface area (Å²) in [7, 11) is 0. The van der Waals surface area contributed by atoms with Crippen LogP contribution in [0.15, 0.2) is 30.3 Å². The van der Waals surface area contributed by atoms with Crippen molar-refractivity contribution in [2.75, 3.05) is 39.5 Å². The van der Waals surface area contributed by atoms with Crippen LogP contribution in [0.3, 0.4) is 0 Å². The fraction of sp³-hybridized carbons (Fsp3) is 0.586. The quantitative estimate of drug-likeness (QED) is 0.0513. The van der Waals surface area contributed by atoms with E-state index >= 15 is 0 Å². The Morgan fingerprint density at radius 3 is 2.16 bits per heavy atom. The van der Waals surface area contributed by atoms with Gasteiger partial charge < -0.3 is 42.2 Å². The van der Waals surface area contributed by atoms with Gasteiger partial charge in [0, 0.05) is 19.3 Å². The zero-order valence-electron chi connectivity index (χ0n) is 25.5. The summed E-state index contributed by atoms with van der Waals surface area (Å²) in [5.41, 5.74) is 4.86. The molecule has 1 aromatic rings. The first kappa shape index (κ1) is 37.9. The minimum atomic E-state index is -1.04. The van der Waals surface area contributed by atoms with Crippen LogP contribution >= 0.6 is 0 Å². The van der Waals surface area contributed by atoms with Gasteiger partial charge in [0.25, 0.3) is 0 Å². The molecule has 0 saturated heterocycles. The molecule has 2 unspecified atom stereocenters. The van der Waals surface area contributed by atoms with Crippen LogP contribution in [-0.2, 0) is 39.9 Å². The topological polar surface area (TPSA) is 230 Å². The van der Waals surface area contributed by atoms with E-state index in [-0.39, 0.29) is 51.6 Å². The molecule has 6 amide bonds. The van der Waals surface area contributed by atoms with E-state index in [0.717, 1.165) is 18.4 Å². The molecule has 15 nitrogen and oxygen atoms in total. The van der Waals surface area contributed by atoms with E-state index < -0.39 is 47.8 Å². The van der Waals surface area contributed by atoms with E-state index in [0.29, 0.717) is 19.4 Å². The maximum absolute atomic E-state index is 12.8. The standard InChI is InChI=1S/C29H47N7O8/c1-3-29(2,43)35-14-9-5-8-12-24(38)31-17-25(39)32-19-27(41)36-22(16-21-10-6-4-7-11-21)28(42)33-18-26(40)34-20-44-15-13-23(30)37/h4,6-7,10-11,22,35,43H,3,5,8-9,12-20H2,1-2H3,(H2,30,37)(H,31,38)(H,32,39)(H,33,42)(H,34,40)(H,36,41). The molecule has 15 heteroatoms. The number of carbonyl (C=O) groups excluding carboxylic acids is 6. The molecule has 0 aliphatic heterocycles. The maximum Gasteiger partial charge on any atom is 0.243 e. The van der Waals surface area contributed by atoms with Crippen LogP contribution in [0.4, 0.5) is 0 Å². The van der Waals surface area contributed by atoms with Crippen LogP contribution in [0.25, 0.3) is 0 Å². The summed E-state index contributed by atoms with van der Waals surface area (Å²) in [5.74, 6) is -3.19. The Balaban J connectivity index is 2.41. The van der Waals surface area contributed by atoms with Gasteiger partial charge in [-0.2, -0.15) is 0 Å². The van der Waals surface area contributed by atoms with E-state index in [1.54, 1.807) is 37.3 Å². The highest BCUT2D eigenvalue weighted by molar-refractivity contribution is 5.92. The first-order chi connectivity index (χ1) is 20.9. The molecule has 0 aromatic heterocycles. The Labute approximate surface area is 257 Å². The second kappa shape index (κ2) is 21.6. The number of benzene rings is 1. The van der Waals surface area contributed by atoms with Crippen molar-refractivity contribution in [3.8, 4) is 0 Å². The molecule has 1 rings (SSSR count). The molecule has 2 atom stereocenters. The number of rotatable bonds is 23. The van der Waals surface area contributed by atoms with Crippen LogP contribution in [0.5, 0.6) is 0 Å². The lowest BCUT2D eigenvalue weighted by Gasteiger charge is -2.22. The van der Waals surface area contributed by atoms with E-state index in [2.05, 4.69) is 31.9 Å². The van der Waals surface area contributed by atoms with Crippen LogP contribution in [-0.4, -0.2) is 91.8 Å². The second-order valence-electron chi connectivity index (χ2n) is 10.3. The van der Waals surface area contributed by atoms with Crippen LogP contribution in [0, 0.1) is 0 Å². The predicted molar refractivity (Wildman–Crippen MR) is 161 cm³/mol. The number of hydrogen-bond acceptors (Lipinski definition) is 9. The summed E-state index contributed by atoms with van der Waals surface area (Å²) in [6.45, 7) is 2.97. The van der Waals surface area contributed by atoms with Crippen molar-refractivity contribution >= 4 is 35.4 Å². The summed E-state index contributed by atoms with van der Waals surface area (Å²) in [6, 6.07) is 7.89. The molecule has 0 fully saturated rings. The summed E-state index contributed by atoms with van der Waals surface area (Å²) in [4.78, 5) is 72.2. The summed E-state index contributed by atoms with van der Waals surface area (Å²) in [5, 5.41) is 25.3. The third-order valence-corrected chi connectivity index (χ3v) is 6.39. The van der Waals surface area contributed by atoms with Crippen molar-refractivity contribution in [1.29, 1.82) is 0 Å². The average Bonchev–Trinajstić information content (AvgIpc) is 2.99. The Morgan fingerprint density at radius 1 is 0.841 bits per heavy atom. The fourth-order valence-corrected chi connectivity index (χ4v) is 3.61. The minimum Gasteiger partial charge on any atom is -0.376 e. The zero-order valence-corrected chi connectivity index (χ0v) is 25.5. The van der Waals surface area contributed by atoms with E-state index in [1.165, 1.54) is 0 Å². The van der Waals surface area contributed by atoms with Crippen molar-refractivity contribution in [1.82, 2.24) is 31.9 Å².